The van der Waals surface area contributed by atoms with Crippen LogP contribution in [0.4, 0.5) is 4.39 Å². The molecule has 0 bridgehead atoms. The van der Waals surface area contributed by atoms with Gasteiger partial charge in [0, 0.05) is 11.8 Å². The Hall–Kier alpha value is -2.30. The van der Waals surface area contributed by atoms with Crippen LogP contribution in [0.5, 0.6) is 0 Å². The van der Waals surface area contributed by atoms with Gasteiger partial charge in [-0.05, 0) is 19.9 Å². The van der Waals surface area contributed by atoms with Crippen molar-refractivity contribution >= 4 is 5.91 Å². The summed E-state index contributed by atoms with van der Waals surface area (Å²) in [5, 5.41) is 2.69. The molecule has 1 atom stereocenters. The summed E-state index contributed by atoms with van der Waals surface area (Å²) in [6.45, 7) is 3.51. The van der Waals surface area contributed by atoms with Crippen LogP contribution in [0.3, 0.4) is 0 Å². The molecule has 1 aromatic heterocycles. The Morgan fingerprint density at radius 1 is 1.26 bits per heavy atom. The standard InChI is InChI=1S/C14H14FN3O/c1-9-7-17-13(8-16-9)14(19)18-10(2)11-5-3-4-6-12(11)15/h3-8,10H,1-2H3,(H,18,19). The molecule has 0 spiro atoms. The SMILES string of the molecule is Cc1cnc(C(=O)NC(C)c2ccccc2F)cn1. The van der Waals surface area contributed by atoms with Gasteiger partial charge in [-0.3, -0.25) is 9.78 Å². The highest BCUT2D eigenvalue weighted by Crippen LogP contribution is 2.16. The number of hydrogen-bond acceptors (Lipinski definition) is 3. The van der Waals surface area contributed by atoms with E-state index in [1.54, 1.807) is 32.0 Å². The summed E-state index contributed by atoms with van der Waals surface area (Å²) in [5.41, 5.74) is 1.39. The molecule has 2 aromatic rings. The third-order valence-corrected chi connectivity index (χ3v) is 2.73. The number of aryl methyl sites for hydroxylation is 1. The lowest BCUT2D eigenvalue weighted by Crippen LogP contribution is -2.28. The lowest BCUT2D eigenvalue weighted by Gasteiger charge is -2.14. The molecule has 98 valence electrons. The predicted octanol–water partition coefficient (Wildman–Crippen LogP) is 2.42. The number of halogens is 1. The smallest absolute Gasteiger partial charge is 0.271 e. The maximum Gasteiger partial charge on any atom is 0.271 e. The number of benzene rings is 1. The quantitative estimate of drug-likeness (QED) is 0.921. The first kappa shape index (κ1) is 13.1. The summed E-state index contributed by atoms with van der Waals surface area (Å²) >= 11 is 0. The second-order valence-corrected chi connectivity index (χ2v) is 4.26. The normalized spacial score (nSPS) is 11.9. The van der Waals surface area contributed by atoms with E-state index in [9.17, 15) is 9.18 Å². The maximum atomic E-state index is 13.6. The third kappa shape index (κ3) is 3.13. The molecule has 1 heterocycles. The first-order chi connectivity index (χ1) is 9.08. The van der Waals surface area contributed by atoms with E-state index in [1.165, 1.54) is 18.5 Å². The van der Waals surface area contributed by atoms with Gasteiger partial charge >= 0.3 is 0 Å². The second kappa shape index (κ2) is 5.56. The van der Waals surface area contributed by atoms with Gasteiger partial charge in [-0.25, -0.2) is 9.37 Å². The molecule has 0 saturated heterocycles. The van der Waals surface area contributed by atoms with E-state index < -0.39 is 6.04 Å². The zero-order valence-electron chi connectivity index (χ0n) is 10.7. The fourth-order valence-electron chi connectivity index (χ4n) is 1.68. The highest BCUT2D eigenvalue weighted by Gasteiger charge is 2.15. The monoisotopic (exact) mass is 259 g/mol. The van der Waals surface area contributed by atoms with Crippen molar-refractivity contribution in [2.75, 3.05) is 0 Å². The van der Waals surface area contributed by atoms with Gasteiger partial charge in [-0.15, -0.1) is 0 Å². The molecule has 5 heteroatoms. The summed E-state index contributed by atoms with van der Waals surface area (Å²) in [6.07, 6.45) is 2.92. The average Bonchev–Trinajstić information content (AvgIpc) is 2.39. The van der Waals surface area contributed by atoms with Crippen LogP contribution in [0.1, 0.15) is 34.7 Å². The van der Waals surface area contributed by atoms with E-state index in [0.29, 0.717) is 5.56 Å². The van der Waals surface area contributed by atoms with Crippen LogP contribution in [0.25, 0.3) is 0 Å². The fourth-order valence-corrected chi connectivity index (χ4v) is 1.68. The Labute approximate surface area is 110 Å². The molecule has 19 heavy (non-hydrogen) atoms. The van der Waals surface area contributed by atoms with Gasteiger partial charge < -0.3 is 5.32 Å². The first-order valence-corrected chi connectivity index (χ1v) is 5.92. The van der Waals surface area contributed by atoms with Crippen LogP contribution in [0, 0.1) is 12.7 Å². The van der Waals surface area contributed by atoms with E-state index in [4.69, 9.17) is 0 Å². The van der Waals surface area contributed by atoms with Crippen molar-refractivity contribution in [3.8, 4) is 0 Å². The molecular weight excluding hydrogens is 245 g/mol. The topological polar surface area (TPSA) is 54.9 Å². The minimum atomic E-state index is -0.434. The number of amides is 1. The van der Waals surface area contributed by atoms with Crippen molar-refractivity contribution in [3.05, 3.63) is 59.4 Å². The van der Waals surface area contributed by atoms with Gasteiger partial charge in [0.05, 0.1) is 17.9 Å². The Bertz CT molecular complexity index is 583. The molecule has 0 aliphatic carbocycles. The number of rotatable bonds is 3. The number of hydrogen-bond donors (Lipinski definition) is 1. The van der Waals surface area contributed by atoms with Gasteiger partial charge in [-0.1, -0.05) is 18.2 Å². The van der Waals surface area contributed by atoms with E-state index >= 15 is 0 Å². The molecule has 1 unspecified atom stereocenters. The van der Waals surface area contributed by atoms with Gasteiger partial charge in [0.2, 0.25) is 0 Å². The molecule has 0 radical (unpaired) electrons. The maximum absolute atomic E-state index is 13.6. The van der Waals surface area contributed by atoms with Crippen molar-refractivity contribution in [3.63, 3.8) is 0 Å². The van der Waals surface area contributed by atoms with Gasteiger partial charge in [-0.2, -0.15) is 0 Å². The van der Waals surface area contributed by atoms with Crippen LogP contribution in [0.2, 0.25) is 0 Å². The lowest BCUT2D eigenvalue weighted by atomic mass is 10.1. The number of nitrogens with zero attached hydrogens (tertiary/aromatic N) is 2. The second-order valence-electron chi connectivity index (χ2n) is 4.26. The zero-order valence-corrected chi connectivity index (χ0v) is 10.7. The molecule has 2 rings (SSSR count). The molecule has 0 saturated carbocycles. The van der Waals surface area contributed by atoms with Crippen molar-refractivity contribution in [2.24, 2.45) is 0 Å². The van der Waals surface area contributed by atoms with E-state index in [-0.39, 0.29) is 17.4 Å². The molecule has 1 aromatic carbocycles. The Morgan fingerprint density at radius 2 is 2.00 bits per heavy atom. The Kier molecular flexibility index (Phi) is 3.85. The third-order valence-electron chi connectivity index (χ3n) is 2.73. The van der Waals surface area contributed by atoms with E-state index in [1.807, 2.05) is 0 Å². The molecule has 0 aliphatic heterocycles. The number of carbonyl (C=O) groups excluding carboxylic acids is 1. The van der Waals surface area contributed by atoms with Crippen LogP contribution in [0.15, 0.2) is 36.7 Å². The summed E-state index contributed by atoms with van der Waals surface area (Å²) in [4.78, 5) is 19.9. The van der Waals surface area contributed by atoms with Crippen LogP contribution < -0.4 is 5.32 Å². The van der Waals surface area contributed by atoms with Crippen molar-refractivity contribution in [1.29, 1.82) is 0 Å². The molecule has 1 N–H and O–H groups in total. The minimum absolute atomic E-state index is 0.216. The van der Waals surface area contributed by atoms with Crippen molar-refractivity contribution in [1.82, 2.24) is 15.3 Å². The molecule has 0 fully saturated rings. The van der Waals surface area contributed by atoms with Gasteiger partial charge in [0.1, 0.15) is 11.5 Å². The largest absolute Gasteiger partial charge is 0.344 e. The lowest BCUT2D eigenvalue weighted by molar-refractivity contribution is 0.0934. The summed E-state index contributed by atoms with van der Waals surface area (Å²) in [6, 6.07) is 5.91. The molecular formula is C14H14FN3O. The van der Waals surface area contributed by atoms with Gasteiger partial charge in [0.15, 0.2) is 0 Å². The highest BCUT2D eigenvalue weighted by molar-refractivity contribution is 5.92. The van der Waals surface area contributed by atoms with Crippen LogP contribution >= 0.6 is 0 Å². The average molecular weight is 259 g/mol. The zero-order chi connectivity index (χ0) is 13.8. The van der Waals surface area contributed by atoms with E-state index in [2.05, 4.69) is 15.3 Å². The highest BCUT2D eigenvalue weighted by atomic mass is 19.1. The minimum Gasteiger partial charge on any atom is -0.344 e. The summed E-state index contributed by atoms with van der Waals surface area (Å²) < 4.78 is 13.6. The van der Waals surface area contributed by atoms with Crippen molar-refractivity contribution in [2.45, 2.75) is 19.9 Å². The summed E-state index contributed by atoms with van der Waals surface area (Å²) in [7, 11) is 0. The van der Waals surface area contributed by atoms with Gasteiger partial charge in [0.25, 0.3) is 5.91 Å². The van der Waals surface area contributed by atoms with Crippen LogP contribution in [-0.4, -0.2) is 15.9 Å². The molecule has 0 aliphatic rings. The Balaban J connectivity index is 2.11. The predicted molar refractivity (Wildman–Crippen MR) is 69.1 cm³/mol. The fraction of sp³-hybridized carbons (Fsp3) is 0.214. The summed E-state index contributed by atoms with van der Waals surface area (Å²) in [5.74, 6) is -0.714. The Morgan fingerprint density at radius 3 is 2.63 bits per heavy atom. The molecule has 1 amide bonds. The van der Waals surface area contributed by atoms with E-state index in [0.717, 1.165) is 5.69 Å². The number of nitrogens with one attached hydrogen (secondary N) is 1. The number of carbonyl (C=O) groups is 1. The number of aromatic nitrogens is 2. The first-order valence-electron chi connectivity index (χ1n) is 5.92. The van der Waals surface area contributed by atoms with Crippen LogP contribution in [-0.2, 0) is 0 Å². The van der Waals surface area contributed by atoms with Crippen molar-refractivity contribution < 1.29 is 9.18 Å². The molecule has 4 nitrogen and oxygen atoms in total.